The number of nitrogens with zero attached hydrogens (tertiary/aromatic N) is 2. The Labute approximate surface area is 79.1 Å². The fourth-order valence-electron chi connectivity index (χ4n) is 0.818. The summed E-state index contributed by atoms with van der Waals surface area (Å²) in [5, 5.41) is 0.451. The number of nitrogens with one attached hydrogen (secondary N) is 1. The fraction of sp³-hybridized carbons (Fsp3) is 0.667. The SMILES string of the molecule is O=C(N=C1[N]NC(Cl)S1)C1CC1. The molecule has 2 fully saturated rings. The average molecular weight is 205 g/mol. The second-order valence-electron chi connectivity index (χ2n) is 2.68. The van der Waals surface area contributed by atoms with Gasteiger partial charge < -0.3 is 0 Å². The molecule has 1 heterocycles. The van der Waals surface area contributed by atoms with Crippen molar-refractivity contribution in [3.05, 3.63) is 0 Å². The van der Waals surface area contributed by atoms with Gasteiger partial charge in [-0.2, -0.15) is 15.8 Å². The van der Waals surface area contributed by atoms with Crippen LogP contribution in [0.2, 0.25) is 0 Å². The van der Waals surface area contributed by atoms with Crippen LogP contribution < -0.4 is 10.9 Å². The van der Waals surface area contributed by atoms with Gasteiger partial charge in [-0.05, 0) is 24.6 Å². The highest BCUT2D eigenvalue weighted by Gasteiger charge is 2.31. The first kappa shape index (κ1) is 8.34. The van der Waals surface area contributed by atoms with Gasteiger partial charge in [0.25, 0.3) is 5.91 Å². The number of alkyl halides is 1. The highest BCUT2D eigenvalue weighted by atomic mass is 35.5. The smallest absolute Gasteiger partial charge is 0.251 e. The summed E-state index contributed by atoms with van der Waals surface area (Å²) in [4.78, 5) is 14.7. The summed E-state index contributed by atoms with van der Waals surface area (Å²) in [6, 6.07) is 0. The molecule has 1 atom stereocenters. The molecule has 1 saturated carbocycles. The highest BCUT2D eigenvalue weighted by molar-refractivity contribution is 8.15. The Bertz CT molecular complexity index is 241. The van der Waals surface area contributed by atoms with Crippen LogP contribution in [0.5, 0.6) is 0 Å². The third kappa shape index (κ3) is 1.91. The molecule has 6 heteroatoms. The Morgan fingerprint density at radius 2 is 2.50 bits per heavy atom. The van der Waals surface area contributed by atoms with Crippen molar-refractivity contribution in [2.75, 3.05) is 0 Å². The molecule has 1 aliphatic heterocycles. The molecule has 1 radical (unpaired) electrons. The lowest BCUT2D eigenvalue weighted by Crippen LogP contribution is -2.21. The van der Waals surface area contributed by atoms with Gasteiger partial charge in [-0.1, -0.05) is 11.6 Å². The summed E-state index contributed by atoms with van der Waals surface area (Å²) in [6.45, 7) is 0. The summed E-state index contributed by atoms with van der Waals surface area (Å²) in [6.07, 6.45) is 1.94. The molecular weight excluding hydrogens is 198 g/mol. The van der Waals surface area contributed by atoms with Crippen LogP contribution >= 0.6 is 23.4 Å². The van der Waals surface area contributed by atoms with Crippen molar-refractivity contribution >= 4 is 34.4 Å². The van der Waals surface area contributed by atoms with Crippen LogP contribution in [-0.2, 0) is 4.79 Å². The minimum atomic E-state index is -0.282. The van der Waals surface area contributed by atoms with E-state index in [2.05, 4.69) is 15.8 Å². The van der Waals surface area contributed by atoms with Crippen LogP contribution in [0.15, 0.2) is 4.99 Å². The monoisotopic (exact) mass is 204 g/mol. The zero-order chi connectivity index (χ0) is 8.55. The van der Waals surface area contributed by atoms with Gasteiger partial charge in [0.1, 0.15) is 0 Å². The molecule has 1 aliphatic carbocycles. The quantitative estimate of drug-likeness (QED) is 0.504. The zero-order valence-corrected chi connectivity index (χ0v) is 7.73. The molecule has 1 saturated heterocycles. The first-order valence-electron chi connectivity index (χ1n) is 3.65. The molecule has 1 unspecified atom stereocenters. The Hall–Kier alpha value is -0.260. The van der Waals surface area contributed by atoms with Gasteiger partial charge in [0.15, 0.2) is 4.83 Å². The van der Waals surface area contributed by atoms with E-state index in [0.717, 1.165) is 12.8 Å². The predicted octanol–water partition coefficient (Wildman–Crippen LogP) is 0.657. The molecule has 12 heavy (non-hydrogen) atoms. The number of carbonyl (C=O) groups excluding carboxylic acids is 1. The normalized spacial score (nSPS) is 32.1. The van der Waals surface area contributed by atoms with E-state index >= 15 is 0 Å². The van der Waals surface area contributed by atoms with E-state index in [-0.39, 0.29) is 16.7 Å². The van der Waals surface area contributed by atoms with E-state index in [0.29, 0.717) is 5.17 Å². The number of rotatable bonds is 1. The minimum absolute atomic E-state index is 0.0613. The van der Waals surface area contributed by atoms with E-state index in [1.54, 1.807) is 0 Å². The first-order chi connectivity index (χ1) is 5.75. The first-order valence-corrected chi connectivity index (χ1v) is 4.97. The Morgan fingerprint density at radius 3 is 3.00 bits per heavy atom. The number of hydrogen-bond acceptors (Lipinski definition) is 3. The van der Waals surface area contributed by atoms with Crippen molar-refractivity contribution in [3.8, 4) is 0 Å². The summed E-state index contributed by atoms with van der Waals surface area (Å²) in [5.41, 5.74) is 6.38. The van der Waals surface area contributed by atoms with E-state index in [1.165, 1.54) is 11.8 Å². The number of carbonyl (C=O) groups is 1. The summed E-state index contributed by atoms with van der Waals surface area (Å²) >= 11 is 6.91. The minimum Gasteiger partial charge on any atom is -0.272 e. The van der Waals surface area contributed by atoms with Crippen LogP contribution in [0, 0.1) is 5.92 Å². The lowest BCUT2D eigenvalue weighted by atomic mass is 10.4. The van der Waals surface area contributed by atoms with Crippen molar-refractivity contribution in [1.29, 1.82) is 0 Å². The number of thioether (sulfide) groups is 1. The van der Waals surface area contributed by atoms with E-state index in [9.17, 15) is 4.79 Å². The molecule has 1 amide bonds. The number of aliphatic imine (C=N–C) groups is 1. The highest BCUT2D eigenvalue weighted by Crippen LogP contribution is 2.31. The Morgan fingerprint density at radius 1 is 1.75 bits per heavy atom. The maximum Gasteiger partial charge on any atom is 0.251 e. The molecule has 1 N–H and O–H groups in total. The van der Waals surface area contributed by atoms with Gasteiger partial charge in [-0.25, -0.2) is 0 Å². The van der Waals surface area contributed by atoms with Gasteiger partial charge in [-0.3, -0.25) is 4.79 Å². The van der Waals surface area contributed by atoms with Crippen LogP contribution in [0.1, 0.15) is 12.8 Å². The maximum atomic E-state index is 11.1. The van der Waals surface area contributed by atoms with Gasteiger partial charge in [0.2, 0.25) is 5.17 Å². The molecule has 65 valence electrons. The summed E-state index contributed by atoms with van der Waals surface area (Å²) in [7, 11) is 0. The topological polar surface area (TPSA) is 55.6 Å². The molecule has 0 bridgehead atoms. The van der Waals surface area contributed by atoms with Gasteiger partial charge in [-0.15, -0.1) is 0 Å². The Kier molecular flexibility index (Phi) is 2.25. The molecule has 4 nitrogen and oxygen atoms in total. The van der Waals surface area contributed by atoms with Crippen molar-refractivity contribution in [3.63, 3.8) is 0 Å². The van der Waals surface area contributed by atoms with Crippen LogP contribution in [-0.4, -0.2) is 15.9 Å². The van der Waals surface area contributed by atoms with Crippen molar-refractivity contribution in [1.82, 2.24) is 10.9 Å². The molecule has 2 aliphatic rings. The number of amidine groups is 1. The van der Waals surface area contributed by atoms with Crippen molar-refractivity contribution in [2.45, 2.75) is 17.7 Å². The number of amides is 1. The standard InChI is InChI=1S/C6H7ClN3OS/c7-5-9-10-6(12-5)8-4(11)3-1-2-3/h3,5,9H,1-2H2. The Balaban J connectivity index is 1.93. The second-order valence-corrected chi connectivity index (χ2v) is 4.45. The predicted molar refractivity (Wildman–Crippen MR) is 47.7 cm³/mol. The van der Waals surface area contributed by atoms with Crippen molar-refractivity contribution < 1.29 is 4.79 Å². The fourth-order valence-corrected chi connectivity index (χ4v) is 1.64. The summed E-state index contributed by atoms with van der Waals surface area (Å²) in [5.74, 6) is 0.0940. The zero-order valence-electron chi connectivity index (χ0n) is 6.16. The molecule has 0 aromatic carbocycles. The maximum absolute atomic E-state index is 11.1. The molecular formula is C6H7ClN3OS. The molecule has 2 rings (SSSR count). The van der Waals surface area contributed by atoms with Gasteiger partial charge in [0.05, 0.1) is 0 Å². The summed E-state index contributed by atoms with van der Waals surface area (Å²) < 4.78 is 0. The molecule has 0 aromatic heterocycles. The third-order valence-electron chi connectivity index (χ3n) is 1.60. The lowest BCUT2D eigenvalue weighted by Gasteiger charge is -1.90. The van der Waals surface area contributed by atoms with Crippen LogP contribution in [0.4, 0.5) is 0 Å². The second kappa shape index (κ2) is 3.24. The lowest BCUT2D eigenvalue weighted by molar-refractivity contribution is -0.118. The largest absolute Gasteiger partial charge is 0.272 e. The van der Waals surface area contributed by atoms with Crippen molar-refractivity contribution in [2.24, 2.45) is 10.9 Å². The van der Waals surface area contributed by atoms with Crippen LogP contribution in [0.25, 0.3) is 0 Å². The van der Waals surface area contributed by atoms with E-state index in [1.807, 2.05) is 0 Å². The van der Waals surface area contributed by atoms with Gasteiger partial charge in [0, 0.05) is 5.92 Å². The van der Waals surface area contributed by atoms with E-state index < -0.39 is 0 Å². The molecule has 0 aromatic rings. The van der Waals surface area contributed by atoms with Gasteiger partial charge >= 0.3 is 0 Å². The average Bonchev–Trinajstić information content (AvgIpc) is 2.78. The number of hydrogen-bond donors (Lipinski definition) is 1. The molecule has 0 spiro atoms. The number of halogens is 1. The van der Waals surface area contributed by atoms with Crippen LogP contribution in [0.3, 0.4) is 0 Å². The van der Waals surface area contributed by atoms with E-state index in [4.69, 9.17) is 11.6 Å². The third-order valence-corrected chi connectivity index (χ3v) is 2.67.